The second-order valence-electron chi connectivity index (χ2n) is 11.0. The first-order valence-corrected chi connectivity index (χ1v) is 15.1. The maximum Gasteiger partial charge on any atom is 0.306 e. The van der Waals surface area contributed by atoms with Crippen molar-refractivity contribution in [1.82, 2.24) is 0 Å². The van der Waals surface area contributed by atoms with Gasteiger partial charge in [0.15, 0.2) is 0 Å². The lowest BCUT2D eigenvalue weighted by Crippen LogP contribution is -2.47. The topological polar surface area (TPSA) is 55.8 Å². The molecule has 33 heavy (non-hydrogen) atoms. The Kier molecular flexibility index (Phi) is 7.08. The van der Waals surface area contributed by atoms with Crippen molar-refractivity contribution in [1.29, 1.82) is 0 Å². The number of benzene rings is 2. The molecule has 0 spiro atoms. The summed E-state index contributed by atoms with van der Waals surface area (Å²) in [7, 11) is -0.140. The normalized spacial score (nSPS) is 16.4. The summed E-state index contributed by atoms with van der Waals surface area (Å²) in [6, 6.07) is 12.2. The Labute approximate surface area is 199 Å². The lowest BCUT2D eigenvalue weighted by atomic mass is 9.85. The van der Waals surface area contributed by atoms with Crippen molar-refractivity contribution >= 4 is 30.8 Å². The van der Waals surface area contributed by atoms with E-state index in [0.717, 1.165) is 22.6 Å². The van der Waals surface area contributed by atoms with Gasteiger partial charge in [-0.1, -0.05) is 49.5 Å². The molecule has 1 heterocycles. The number of rotatable bonds is 6. The molecule has 2 aromatic rings. The molecule has 5 nitrogen and oxygen atoms in total. The Morgan fingerprint density at radius 2 is 1.76 bits per heavy atom. The fourth-order valence-corrected chi connectivity index (χ4v) is 6.04. The molecule has 0 saturated heterocycles. The third-order valence-electron chi connectivity index (χ3n) is 5.86. The summed E-state index contributed by atoms with van der Waals surface area (Å²) < 4.78 is 10.9. The highest BCUT2D eigenvalue weighted by Crippen LogP contribution is 2.40. The van der Waals surface area contributed by atoms with Crippen molar-refractivity contribution in [2.24, 2.45) is 0 Å². The maximum atomic E-state index is 13.5. The number of carbonyl (C=O) groups is 2. The second-order valence-corrected chi connectivity index (χ2v) is 16.1. The lowest BCUT2D eigenvalue weighted by molar-refractivity contribution is -0.155. The number of aryl methyl sites for hydroxylation is 1. The predicted molar refractivity (Wildman–Crippen MR) is 136 cm³/mol. The second kappa shape index (κ2) is 9.33. The number of ether oxygens (including phenoxy) is 2. The van der Waals surface area contributed by atoms with Gasteiger partial charge < -0.3 is 14.4 Å². The monoisotopic (exact) mass is 467 g/mol. The first-order valence-electron chi connectivity index (χ1n) is 11.6. The molecule has 1 aliphatic rings. The zero-order chi connectivity index (χ0) is 24.6. The number of amides is 1. The largest absolute Gasteiger partial charge is 0.497 e. The van der Waals surface area contributed by atoms with Gasteiger partial charge in [-0.25, -0.2) is 0 Å². The van der Waals surface area contributed by atoms with Crippen molar-refractivity contribution < 1.29 is 19.1 Å². The maximum absolute atomic E-state index is 13.5. The van der Waals surface area contributed by atoms with E-state index in [1.54, 1.807) is 7.11 Å². The van der Waals surface area contributed by atoms with Crippen LogP contribution in [0.2, 0.25) is 19.6 Å². The third-order valence-corrected chi connectivity index (χ3v) is 7.85. The quantitative estimate of drug-likeness (QED) is 0.427. The van der Waals surface area contributed by atoms with Crippen LogP contribution in [0, 0.1) is 6.92 Å². The minimum atomic E-state index is -1.79. The van der Waals surface area contributed by atoms with Crippen LogP contribution in [0.5, 0.6) is 5.75 Å². The van der Waals surface area contributed by atoms with Crippen LogP contribution in [0.25, 0.3) is 0 Å². The summed E-state index contributed by atoms with van der Waals surface area (Å²) in [5.74, 6) is 0.408. The van der Waals surface area contributed by atoms with Crippen LogP contribution in [0.3, 0.4) is 0 Å². The molecule has 0 bridgehead atoms. The van der Waals surface area contributed by atoms with E-state index in [0.29, 0.717) is 13.0 Å². The van der Waals surface area contributed by atoms with Gasteiger partial charge in [-0.2, -0.15) is 0 Å². The highest BCUT2D eigenvalue weighted by molar-refractivity contribution is 6.90. The fraction of sp³-hybridized carbons (Fsp3) is 0.481. The van der Waals surface area contributed by atoms with Gasteiger partial charge >= 0.3 is 5.97 Å². The average molecular weight is 468 g/mol. The van der Waals surface area contributed by atoms with Crippen LogP contribution < -0.4 is 14.8 Å². The smallest absolute Gasteiger partial charge is 0.306 e. The molecule has 3 rings (SSSR count). The lowest BCUT2D eigenvalue weighted by Gasteiger charge is -2.38. The van der Waals surface area contributed by atoms with Gasteiger partial charge in [0.1, 0.15) is 11.4 Å². The van der Waals surface area contributed by atoms with Crippen molar-refractivity contribution in [2.45, 2.75) is 78.2 Å². The Hall–Kier alpha value is -2.60. The van der Waals surface area contributed by atoms with Gasteiger partial charge in [-0.3, -0.25) is 9.59 Å². The number of esters is 1. The standard InChI is InChI=1S/C27H37NO4Si/c1-18-13-22-20(16-25(30)32-27(2,3)4)15-24(29)28(26(22)23(14-18)33(6,7)8)17-19-9-11-21(31-5)12-10-19/h9-14,20H,15-17H2,1-8H3/t20-/m1/s1. The van der Waals surface area contributed by atoms with Gasteiger partial charge in [0, 0.05) is 18.0 Å². The molecule has 0 aromatic heterocycles. The van der Waals surface area contributed by atoms with E-state index < -0.39 is 13.7 Å². The molecule has 6 heteroatoms. The number of nitrogens with zero attached hydrogens (tertiary/aromatic N) is 1. The average Bonchev–Trinajstić information content (AvgIpc) is 2.68. The molecule has 1 atom stereocenters. The molecular formula is C27H37NO4Si. The number of anilines is 1. The summed E-state index contributed by atoms with van der Waals surface area (Å²) in [6.07, 6.45) is 0.512. The number of hydrogen-bond acceptors (Lipinski definition) is 4. The van der Waals surface area contributed by atoms with Gasteiger partial charge in [-0.15, -0.1) is 0 Å². The van der Waals surface area contributed by atoms with Crippen LogP contribution in [0.15, 0.2) is 36.4 Å². The van der Waals surface area contributed by atoms with Crippen LogP contribution in [-0.4, -0.2) is 32.7 Å². The molecule has 0 saturated carbocycles. The molecule has 178 valence electrons. The zero-order valence-electron chi connectivity index (χ0n) is 21.2. The minimum Gasteiger partial charge on any atom is -0.497 e. The van der Waals surface area contributed by atoms with E-state index in [-0.39, 0.29) is 24.2 Å². The first-order chi connectivity index (χ1) is 15.3. The van der Waals surface area contributed by atoms with Crippen molar-refractivity contribution in [3.63, 3.8) is 0 Å². The number of fused-ring (bicyclic) bond motifs is 1. The SMILES string of the molecule is COc1ccc(CN2C(=O)C[C@H](CC(=O)OC(C)(C)C)c3cc(C)cc([Si](C)(C)C)c32)cc1. The van der Waals surface area contributed by atoms with E-state index in [2.05, 4.69) is 38.7 Å². The van der Waals surface area contributed by atoms with Crippen molar-refractivity contribution in [3.05, 3.63) is 53.1 Å². The highest BCUT2D eigenvalue weighted by Gasteiger charge is 2.37. The van der Waals surface area contributed by atoms with E-state index >= 15 is 0 Å². The van der Waals surface area contributed by atoms with Gasteiger partial charge in [0.05, 0.1) is 28.1 Å². The molecule has 2 aromatic carbocycles. The predicted octanol–water partition coefficient (Wildman–Crippen LogP) is 5.30. The zero-order valence-corrected chi connectivity index (χ0v) is 22.2. The number of carbonyl (C=O) groups excluding carboxylic acids is 2. The van der Waals surface area contributed by atoms with Gasteiger partial charge in [0.2, 0.25) is 5.91 Å². The Morgan fingerprint density at radius 3 is 2.30 bits per heavy atom. The summed E-state index contributed by atoms with van der Waals surface area (Å²) in [5.41, 5.74) is 3.75. The van der Waals surface area contributed by atoms with Gasteiger partial charge in [-0.05, 0) is 56.1 Å². The molecular weight excluding hydrogens is 430 g/mol. The summed E-state index contributed by atoms with van der Waals surface area (Å²) in [4.78, 5) is 28.1. The van der Waals surface area contributed by atoms with Crippen LogP contribution in [-0.2, 0) is 20.9 Å². The van der Waals surface area contributed by atoms with E-state index in [4.69, 9.17) is 9.47 Å². The highest BCUT2D eigenvalue weighted by atomic mass is 28.3. The Balaban J connectivity index is 2.06. The summed E-state index contributed by atoms with van der Waals surface area (Å²) >= 11 is 0. The van der Waals surface area contributed by atoms with E-state index in [1.165, 1.54) is 10.8 Å². The molecule has 0 N–H and O–H groups in total. The molecule has 0 fully saturated rings. The molecule has 0 unspecified atom stereocenters. The number of hydrogen-bond donors (Lipinski definition) is 0. The molecule has 1 aliphatic heterocycles. The fourth-order valence-electron chi connectivity index (χ4n) is 4.39. The first kappa shape index (κ1) is 25.0. The van der Waals surface area contributed by atoms with Crippen molar-refractivity contribution in [3.8, 4) is 5.75 Å². The Morgan fingerprint density at radius 1 is 1.12 bits per heavy atom. The summed E-state index contributed by atoms with van der Waals surface area (Å²) in [5, 5.41) is 1.26. The van der Waals surface area contributed by atoms with Crippen LogP contribution in [0.4, 0.5) is 5.69 Å². The molecule has 0 aliphatic carbocycles. The third kappa shape index (κ3) is 6.05. The number of methoxy groups -OCH3 is 1. The van der Waals surface area contributed by atoms with Crippen molar-refractivity contribution in [2.75, 3.05) is 12.0 Å². The van der Waals surface area contributed by atoms with E-state index in [1.807, 2.05) is 49.9 Å². The summed E-state index contributed by atoms with van der Waals surface area (Å²) in [6.45, 7) is 15.1. The van der Waals surface area contributed by atoms with Gasteiger partial charge in [0.25, 0.3) is 0 Å². The van der Waals surface area contributed by atoms with Crippen LogP contribution >= 0.6 is 0 Å². The molecule has 1 amide bonds. The molecule has 0 radical (unpaired) electrons. The van der Waals surface area contributed by atoms with Crippen LogP contribution in [0.1, 0.15) is 56.2 Å². The Bertz CT molecular complexity index is 1030. The minimum absolute atomic E-state index is 0.0511. The van der Waals surface area contributed by atoms with E-state index in [9.17, 15) is 9.59 Å².